The first-order valence-electron chi connectivity index (χ1n) is 4.20. The van der Waals surface area contributed by atoms with E-state index < -0.39 is 10.0 Å². The Morgan fingerprint density at radius 3 is 2.67 bits per heavy atom. The minimum atomic E-state index is -1.57. The fourth-order valence-electron chi connectivity index (χ4n) is 1.30. The van der Waals surface area contributed by atoms with E-state index in [2.05, 4.69) is 4.98 Å². The molecule has 0 aliphatic rings. The number of hydrogen-bond donors (Lipinski definition) is 1. The lowest BCUT2D eigenvalue weighted by Crippen LogP contribution is -1.82. The van der Waals surface area contributed by atoms with Gasteiger partial charge in [-0.15, -0.1) is 0 Å². The molecule has 15 heavy (non-hydrogen) atoms. The van der Waals surface area contributed by atoms with Crippen molar-refractivity contribution in [2.75, 3.05) is 0 Å². The van der Waals surface area contributed by atoms with E-state index in [1.165, 1.54) is 12.3 Å². The third-order valence-electron chi connectivity index (χ3n) is 2.01. The van der Waals surface area contributed by atoms with E-state index >= 15 is 0 Å². The van der Waals surface area contributed by atoms with Crippen molar-refractivity contribution in [2.24, 2.45) is 0 Å². The fourth-order valence-corrected chi connectivity index (χ4v) is 1.93. The van der Waals surface area contributed by atoms with E-state index in [0.29, 0.717) is 16.2 Å². The molecule has 0 aliphatic carbocycles. The quantitative estimate of drug-likeness (QED) is 0.808. The molecule has 0 spiro atoms. The maximum absolute atomic E-state index is 13.4. The lowest BCUT2D eigenvalue weighted by atomic mass is 10.1. The highest BCUT2D eigenvalue weighted by Crippen LogP contribution is 2.23. The van der Waals surface area contributed by atoms with Gasteiger partial charge in [0.15, 0.2) is 0 Å². The summed E-state index contributed by atoms with van der Waals surface area (Å²) < 4.78 is 24.3. The maximum Gasteiger partial charge on any atom is 0.149 e. The molecule has 1 aromatic carbocycles. The first-order valence-corrected chi connectivity index (χ1v) is 6.17. The summed E-state index contributed by atoms with van der Waals surface area (Å²) in [5.41, 5.74) is 1.00. The van der Waals surface area contributed by atoms with Crippen LogP contribution >= 0.6 is 10.7 Å². The van der Waals surface area contributed by atoms with Crippen molar-refractivity contribution < 1.29 is 8.60 Å². The molecule has 0 amide bonds. The molecule has 1 heterocycles. The molecule has 1 N–H and O–H groups in total. The summed E-state index contributed by atoms with van der Waals surface area (Å²) in [5.74, 6) is -0.328. The van der Waals surface area contributed by atoms with E-state index in [1.54, 1.807) is 24.3 Å². The minimum Gasteiger partial charge on any atom is -0.360 e. The number of nitrogens with one attached hydrogen (secondary N) is 1. The predicted molar refractivity (Wildman–Crippen MR) is 58.4 cm³/mol. The summed E-state index contributed by atoms with van der Waals surface area (Å²) in [4.78, 5) is 3.27. The van der Waals surface area contributed by atoms with Crippen LogP contribution in [0.5, 0.6) is 0 Å². The molecule has 1 unspecified atom stereocenters. The van der Waals surface area contributed by atoms with Gasteiger partial charge in [0.05, 0.1) is 4.90 Å². The summed E-state index contributed by atoms with van der Waals surface area (Å²) in [5, 5.41) is 0. The van der Waals surface area contributed by atoms with Crippen LogP contribution in [0.2, 0.25) is 0 Å². The zero-order valence-electron chi connectivity index (χ0n) is 7.54. The second kappa shape index (κ2) is 4.16. The summed E-state index contributed by atoms with van der Waals surface area (Å²) in [6, 6.07) is 7.93. The molecule has 0 radical (unpaired) electrons. The van der Waals surface area contributed by atoms with Crippen molar-refractivity contribution in [3.8, 4) is 11.3 Å². The lowest BCUT2D eigenvalue weighted by Gasteiger charge is -1.98. The van der Waals surface area contributed by atoms with Gasteiger partial charge in [-0.3, -0.25) is 0 Å². The van der Waals surface area contributed by atoms with Gasteiger partial charge in [-0.1, -0.05) is 12.1 Å². The van der Waals surface area contributed by atoms with Crippen LogP contribution < -0.4 is 0 Å². The number of aromatic nitrogens is 1. The van der Waals surface area contributed by atoms with Crippen molar-refractivity contribution in [3.05, 3.63) is 42.3 Å². The second-order valence-electron chi connectivity index (χ2n) is 2.95. The molecular weight excluding hydrogens is 237 g/mol. The van der Waals surface area contributed by atoms with Gasteiger partial charge in [0, 0.05) is 17.5 Å². The first-order chi connectivity index (χ1) is 7.18. The Balaban J connectivity index is 2.46. The van der Waals surface area contributed by atoms with Gasteiger partial charge in [0.25, 0.3) is 0 Å². The smallest absolute Gasteiger partial charge is 0.149 e. The van der Waals surface area contributed by atoms with Crippen molar-refractivity contribution in [3.63, 3.8) is 0 Å². The highest BCUT2D eigenvalue weighted by molar-refractivity contribution is 8.08. The summed E-state index contributed by atoms with van der Waals surface area (Å²) in [7, 11) is 3.83. The standard InChI is InChI=1S/C10H7ClFNOS/c11-15(14)7-5-10(13-6-7)8-3-1-2-4-9(8)12/h1-6,13H. The fraction of sp³-hybridized carbons (Fsp3) is 0. The Morgan fingerprint density at radius 1 is 1.33 bits per heavy atom. The van der Waals surface area contributed by atoms with Gasteiger partial charge in [0.2, 0.25) is 0 Å². The van der Waals surface area contributed by atoms with Gasteiger partial charge >= 0.3 is 0 Å². The van der Waals surface area contributed by atoms with Crippen LogP contribution in [0.4, 0.5) is 4.39 Å². The normalized spacial score (nSPS) is 12.7. The van der Waals surface area contributed by atoms with Crippen LogP contribution in [0.25, 0.3) is 11.3 Å². The predicted octanol–water partition coefficient (Wildman–Crippen LogP) is 3.08. The number of hydrogen-bond acceptors (Lipinski definition) is 1. The van der Waals surface area contributed by atoms with Crippen molar-refractivity contribution >= 4 is 20.7 Å². The van der Waals surface area contributed by atoms with E-state index in [1.807, 2.05) is 0 Å². The number of benzene rings is 1. The summed E-state index contributed by atoms with van der Waals surface area (Å²) >= 11 is 0. The zero-order valence-corrected chi connectivity index (χ0v) is 9.11. The van der Waals surface area contributed by atoms with Crippen LogP contribution in [-0.2, 0) is 10.0 Å². The second-order valence-corrected chi connectivity index (χ2v) is 4.71. The Bertz CT molecular complexity index is 512. The van der Waals surface area contributed by atoms with Gasteiger partial charge in [0.1, 0.15) is 15.8 Å². The molecule has 1 atom stereocenters. The molecule has 2 nitrogen and oxygen atoms in total. The van der Waals surface area contributed by atoms with Crippen LogP contribution in [0.1, 0.15) is 0 Å². The van der Waals surface area contributed by atoms with Gasteiger partial charge in [-0.25, -0.2) is 8.60 Å². The number of H-pyrrole nitrogens is 1. The van der Waals surface area contributed by atoms with Crippen LogP contribution in [0, 0.1) is 5.82 Å². The summed E-state index contributed by atoms with van der Waals surface area (Å²) in [6.07, 6.45) is 1.50. The van der Waals surface area contributed by atoms with E-state index in [4.69, 9.17) is 10.7 Å². The molecule has 78 valence electrons. The Morgan fingerprint density at radius 2 is 2.07 bits per heavy atom. The molecule has 0 saturated carbocycles. The average Bonchev–Trinajstić information content (AvgIpc) is 2.67. The zero-order chi connectivity index (χ0) is 10.8. The maximum atomic E-state index is 13.4. The van der Waals surface area contributed by atoms with Crippen LogP contribution in [0.15, 0.2) is 41.4 Å². The Kier molecular flexibility index (Phi) is 2.88. The summed E-state index contributed by atoms with van der Waals surface area (Å²) in [6.45, 7) is 0. The van der Waals surface area contributed by atoms with Gasteiger partial charge in [-0.05, 0) is 28.9 Å². The van der Waals surface area contributed by atoms with Crippen molar-refractivity contribution in [1.82, 2.24) is 4.98 Å². The first kappa shape index (κ1) is 10.4. The number of rotatable bonds is 2. The molecular formula is C10H7ClFNOS. The van der Waals surface area contributed by atoms with Gasteiger partial charge in [-0.2, -0.15) is 0 Å². The molecule has 2 rings (SSSR count). The highest BCUT2D eigenvalue weighted by Gasteiger charge is 2.08. The molecule has 2 aromatic rings. The Hall–Kier alpha value is -1.13. The van der Waals surface area contributed by atoms with Crippen molar-refractivity contribution in [2.45, 2.75) is 4.90 Å². The van der Waals surface area contributed by atoms with E-state index in [9.17, 15) is 8.60 Å². The van der Waals surface area contributed by atoms with Crippen LogP contribution in [-0.4, -0.2) is 9.19 Å². The Labute approximate surface area is 93.0 Å². The topological polar surface area (TPSA) is 32.9 Å². The van der Waals surface area contributed by atoms with Gasteiger partial charge < -0.3 is 4.98 Å². The molecule has 5 heteroatoms. The number of aromatic amines is 1. The third kappa shape index (κ3) is 2.11. The molecule has 0 aliphatic heterocycles. The largest absolute Gasteiger partial charge is 0.360 e. The van der Waals surface area contributed by atoms with E-state index in [-0.39, 0.29) is 5.82 Å². The van der Waals surface area contributed by atoms with Crippen molar-refractivity contribution in [1.29, 1.82) is 0 Å². The SMILES string of the molecule is O=S(Cl)c1c[nH]c(-c2ccccc2F)c1. The molecule has 1 aromatic heterocycles. The third-order valence-corrected chi connectivity index (χ3v) is 3.15. The molecule has 0 saturated heterocycles. The monoisotopic (exact) mass is 243 g/mol. The lowest BCUT2D eigenvalue weighted by molar-refractivity contribution is 0.631. The van der Waals surface area contributed by atoms with Crippen LogP contribution in [0.3, 0.4) is 0 Å². The number of halogens is 2. The average molecular weight is 244 g/mol. The van der Waals surface area contributed by atoms with E-state index in [0.717, 1.165) is 0 Å². The minimum absolute atomic E-state index is 0.328. The molecule has 0 bridgehead atoms. The highest BCUT2D eigenvalue weighted by atomic mass is 35.7. The molecule has 0 fully saturated rings.